The smallest absolute Gasteiger partial charge is 0.316 e. The average Bonchev–Trinajstić information content (AvgIpc) is 2.48. The van der Waals surface area contributed by atoms with Gasteiger partial charge in [-0.1, -0.05) is 56.0 Å². The van der Waals surface area contributed by atoms with Crippen molar-refractivity contribution in [3.63, 3.8) is 0 Å². The molecule has 0 amide bonds. The normalized spacial score (nSPS) is 10.4. The Morgan fingerprint density at radius 1 is 0.810 bits per heavy atom. The number of esters is 2. The topological polar surface area (TPSA) is 52.6 Å². The van der Waals surface area contributed by atoms with Crippen LogP contribution in [0.3, 0.4) is 0 Å². The summed E-state index contributed by atoms with van der Waals surface area (Å²) in [6.07, 6.45) is 4.80. The van der Waals surface area contributed by atoms with E-state index < -0.39 is 0 Å². The minimum atomic E-state index is -0.162. The second-order valence-corrected chi connectivity index (χ2v) is 9.13. The molecule has 0 aliphatic carbocycles. The zero-order valence-electron chi connectivity index (χ0n) is 12.6. The molecule has 0 heterocycles. The van der Waals surface area contributed by atoms with Gasteiger partial charge in [0.05, 0.1) is 13.7 Å². The Balaban J connectivity index is 3.09. The van der Waals surface area contributed by atoms with E-state index in [1.54, 1.807) is 43.2 Å². The molecule has 0 rings (SSSR count). The van der Waals surface area contributed by atoms with Gasteiger partial charge in [0.2, 0.25) is 0 Å². The Kier molecular flexibility index (Phi) is 17.0. The first-order valence-corrected chi connectivity index (χ1v) is 11.9. The third-order valence-corrected chi connectivity index (χ3v) is 6.92. The van der Waals surface area contributed by atoms with Gasteiger partial charge < -0.3 is 9.47 Å². The van der Waals surface area contributed by atoms with Crippen LogP contribution in [0.5, 0.6) is 0 Å². The van der Waals surface area contributed by atoms with E-state index in [-0.39, 0.29) is 11.9 Å². The molecule has 0 aromatic rings. The third-order valence-electron chi connectivity index (χ3n) is 2.26. The Hall–Kier alpha value is 0.340. The molecular formula is C13H24O4S4. The molecule has 0 atom stereocenters. The van der Waals surface area contributed by atoms with Crippen LogP contribution in [0.25, 0.3) is 0 Å². The summed E-state index contributed by atoms with van der Waals surface area (Å²) in [6.45, 7) is 2.28. The van der Waals surface area contributed by atoms with Crippen molar-refractivity contribution >= 4 is 55.1 Å². The molecule has 8 heteroatoms. The molecule has 0 aromatic carbocycles. The predicted octanol–water partition coefficient (Wildman–Crippen LogP) is 4.05. The van der Waals surface area contributed by atoms with E-state index in [2.05, 4.69) is 4.74 Å². The molecule has 4 nitrogen and oxygen atoms in total. The maximum atomic E-state index is 11.1. The lowest BCUT2D eigenvalue weighted by Crippen LogP contribution is -2.05. The van der Waals surface area contributed by atoms with Gasteiger partial charge in [0, 0.05) is 11.5 Å². The van der Waals surface area contributed by atoms with Crippen molar-refractivity contribution in [2.24, 2.45) is 0 Å². The summed E-state index contributed by atoms with van der Waals surface area (Å²) in [5.41, 5.74) is 0. The Bertz CT molecular complexity index is 277. The van der Waals surface area contributed by atoms with E-state index in [0.717, 1.165) is 11.5 Å². The van der Waals surface area contributed by atoms with Gasteiger partial charge in [-0.2, -0.15) is 0 Å². The van der Waals surface area contributed by atoms with E-state index in [1.807, 2.05) is 6.92 Å². The lowest BCUT2D eigenvalue weighted by atomic mass is 10.2. The fraction of sp³-hybridized carbons (Fsp3) is 0.846. The second-order valence-electron chi connectivity index (χ2n) is 3.96. The van der Waals surface area contributed by atoms with Gasteiger partial charge >= 0.3 is 11.9 Å². The number of hydrogen-bond donors (Lipinski definition) is 0. The molecule has 0 aliphatic rings. The summed E-state index contributed by atoms with van der Waals surface area (Å²) in [5, 5.41) is 0. The number of carbonyl (C=O) groups is 2. The van der Waals surface area contributed by atoms with Crippen LogP contribution in [0.4, 0.5) is 0 Å². The summed E-state index contributed by atoms with van der Waals surface area (Å²) >= 11 is 0. The fourth-order valence-corrected chi connectivity index (χ4v) is 5.17. The van der Waals surface area contributed by atoms with Crippen LogP contribution in [0, 0.1) is 0 Å². The fourth-order valence-electron chi connectivity index (χ4n) is 1.23. The zero-order valence-corrected chi connectivity index (χ0v) is 15.9. The van der Waals surface area contributed by atoms with Gasteiger partial charge in [0.15, 0.2) is 0 Å². The minimum absolute atomic E-state index is 0.128. The van der Waals surface area contributed by atoms with Crippen LogP contribution >= 0.6 is 43.2 Å². The molecule has 0 saturated carbocycles. The number of methoxy groups -OCH3 is 1. The molecule has 0 aliphatic heterocycles. The SMILES string of the molecule is CCOC(=O)CSSCCCCCCSSCC(=O)OC. The third kappa shape index (κ3) is 16.5. The highest BCUT2D eigenvalue weighted by atomic mass is 33.1. The van der Waals surface area contributed by atoms with Gasteiger partial charge in [0.25, 0.3) is 0 Å². The van der Waals surface area contributed by atoms with Crippen molar-refractivity contribution in [1.29, 1.82) is 0 Å². The second kappa shape index (κ2) is 16.7. The quantitative estimate of drug-likeness (QED) is 0.257. The molecule has 0 unspecified atom stereocenters. The van der Waals surface area contributed by atoms with E-state index in [1.165, 1.54) is 32.8 Å². The van der Waals surface area contributed by atoms with Crippen molar-refractivity contribution in [2.45, 2.75) is 32.6 Å². The van der Waals surface area contributed by atoms with E-state index in [9.17, 15) is 9.59 Å². The Morgan fingerprint density at radius 3 is 1.81 bits per heavy atom. The van der Waals surface area contributed by atoms with Gasteiger partial charge in [-0.25, -0.2) is 0 Å². The van der Waals surface area contributed by atoms with Gasteiger partial charge in [-0.3, -0.25) is 9.59 Å². The summed E-state index contributed by atoms with van der Waals surface area (Å²) in [5.74, 6) is 2.73. The number of rotatable bonds is 14. The van der Waals surface area contributed by atoms with Crippen LogP contribution in [0.1, 0.15) is 32.6 Å². The van der Waals surface area contributed by atoms with Crippen molar-refractivity contribution in [1.82, 2.24) is 0 Å². The first-order valence-electron chi connectivity index (χ1n) is 6.92. The van der Waals surface area contributed by atoms with E-state index >= 15 is 0 Å². The van der Waals surface area contributed by atoms with Crippen LogP contribution in [-0.2, 0) is 19.1 Å². The Labute approximate surface area is 143 Å². The molecule has 0 aromatic heterocycles. The summed E-state index contributed by atoms with van der Waals surface area (Å²) in [6, 6.07) is 0. The highest BCUT2D eigenvalue weighted by Gasteiger charge is 2.02. The van der Waals surface area contributed by atoms with Crippen molar-refractivity contribution in [3.05, 3.63) is 0 Å². The maximum Gasteiger partial charge on any atom is 0.316 e. The zero-order chi connectivity index (χ0) is 15.8. The van der Waals surface area contributed by atoms with Crippen LogP contribution < -0.4 is 0 Å². The molecule has 0 bridgehead atoms. The summed E-state index contributed by atoms with van der Waals surface area (Å²) < 4.78 is 9.41. The predicted molar refractivity (Wildman–Crippen MR) is 96.9 cm³/mol. The first-order chi connectivity index (χ1) is 10.2. The molecule has 0 fully saturated rings. The number of carbonyl (C=O) groups excluding carboxylic acids is 2. The molecule has 0 saturated heterocycles. The summed E-state index contributed by atoms with van der Waals surface area (Å²) in [4.78, 5) is 21.9. The van der Waals surface area contributed by atoms with Crippen LogP contribution in [-0.4, -0.2) is 48.7 Å². The monoisotopic (exact) mass is 372 g/mol. The molecule has 0 spiro atoms. The number of hydrogen-bond acceptors (Lipinski definition) is 8. The Morgan fingerprint density at radius 2 is 1.33 bits per heavy atom. The van der Waals surface area contributed by atoms with Crippen molar-refractivity contribution < 1.29 is 19.1 Å². The maximum absolute atomic E-state index is 11.1. The minimum Gasteiger partial charge on any atom is -0.468 e. The number of unbranched alkanes of at least 4 members (excludes halogenated alkanes) is 3. The lowest BCUT2D eigenvalue weighted by molar-refractivity contribution is -0.140. The largest absolute Gasteiger partial charge is 0.468 e. The van der Waals surface area contributed by atoms with Crippen molar-refractivity contribution in [2.75, 3.05) is 36.7 Å². The van der Waals surface area contributed by atoms with Gasteiger partial charge in [0.1, 0.15) is 11.5 Å². The van der Waals surface area contributed by atoms with Gasteiger partial charge in [-0.15, -0.1) is 0 Å². The van der Waals surface area contributed by atoms with E-state index in [4.69, 9.17) is 4.74 Å². The van der Waals surface area contributed by atoms with Gasteiger partial charge in [-0.05, 0) is 19.8 Å². The lowest BCUT2D eigenvalue weighted by Gasteiger charge is -2.03. The molecule has 0 radical (unpaired) electrons. The highest BCUT2D eigenvalue weighted by molar-refractivity contribution is 8.77. The molecule has 0 N–H and O–H groups in total. The van der Waals surface area contributed by atoms with Crippen LogP contribution in [0.15, 0.2) is 0 Å². The summed E-state index contributed by atoms with van der Waals surface area (Å²) in [7, 11) is 8.02. The van der Waals surface area contributed by atoms with Crippen LogP contribution in [0.2, 0.25) is 0 Å². The molecule has 124 valence electrons. The molecular weight excluding hydrogens is 348 g/mol. The standard InChI is InChI=1S/C13H24O4S4/c1-3-17-13(15)11-21-19-9-7-5-4-6-8-18-20-10-12(14)16-2/h3-11H2,1-2H3. The van der Waals surface area contributed by atoms with Crippen molar-refractivity contribution in [3.8, 4) is 0 Å². The van der Waals surface area contributed by atoms with E-state index in [0.29, 0.717) is 18.1 Å². The molecule has 21 heavy (non-hydrogen) atoms. The highest BCUT2D eigenvalue weighted by Crippen LogP contribution is 2.24. The first kappa shape index (κ1) is 21.3. The number of ether oxygens (including phenoxy) is 2. The average molecular weight is 373 g/mol.